The smallest absolute Gasteiger partial charge is 0.335 e. The Morgan fingerprint density at radius 1 is 1.06 bits per heavy atom. The minimum atomic E-state index is -1.04. The lowest BCUT2D eigenvalue weighted by Gasteiger charge is -2.17. The van der Waals surface area contributed by atoms with E-state index in [4.69, 9.17) is 16.3 Å². The quantitative estimate of drug-likeness (QED) is 0.281. The number of carboxylic acids is 1. The van der Waals surface area contributed by atoms with Crippen molar-refractivity contribution < 1.29 is 23.4 Å². The second-order valence-electron chi connectivity index (χ2n) is 7.36. The van der Waals surface area contributed by atoms with E-state index in [-0.39, 0.29) is 17.7 Å². The van der Waals surface area contributed by atoms with E-state index in [0.29, 0.717) is 32.2 Å². The van der Waals surface area contributed by atoms with Crippen molar-refractivity contribution in [1.82, 2.24) is 4.57 Å². The molecule has 0 aliphatic rings. The molecule has 1 aromatic heterocycles. The summed E-state index contributed by atoms with van der Waals surface area (Å²) in [6.45, 7) is 1.78. The van der Waals surface area contributed by atoms with E-state index in [1.54, 1.807) is 24.3 Å². The van der Waals surface area contributed by atoms with Crippen LogP contribution in [0.2, 0.25) is 5.02 Å². The van der Waals surface area contributed by atoms with Gasteiger partial charge in [-0.3, -0.25) is 0 Å². The Hall–Kier alpha value is -3.16. The average Bonchev–Trinajstić information content (AvgIpc) is 3.14. The zero-order valence-corrected chi connectivity index (χ0v) is 19.6. The van der Waals surface area contributed by atoms with Gasteiger partial charge in [0.05, 0.1) is 11.3 Å². The standard InChI is InChI=1S/C25H17BrClF2NO3/c1-14-2-6-23(30(14)20-9-16(25(31)32)8-17(26)10-20)21-11-18(27)4-7-24(21)33-13-15-3-5-19(28)12-22(15)29/h2-12H,13H2,1H3,(H,31,32). The Morgan fingerprint density at radius 2 is 1.85 bits per heavy atom. The lowest BCUT2D eigenvalue weighted by atomic mass is 10.1. The summed E-state index contributed by atoms with van der Waals surface area (Å²) in [4.78, 5) is 11.6. The van der Waals surface area contributed by atoms with Crippen LogP contribution in [0, 0.1) is 18.6 Å². The zero-order valence-electron chi connectivity index (χ0n) is 17.3. The fourth-order valence-corrected chi connectivity index (χ4v) is 4.19. The van der Waals surface area contributed by atoms with Crippen molar-refractivity contribution in [3.63, 3.8) is 0 Å². The number of benzene rings is 3. The first-order chi connectivity index (χ1) is 15.7. The molecule has 1 heterocycles. The van der Waals surface area contributed by atoms with Crippen LogP contribution >= 0.6 is 27.5 Å². The normalized spacial score (nSPS) is 10.9. The zero-order chi connectivity index (χ0) is 23.7. The highest BCUT2D eigenvalue weighted by Crippen LogP contribution is 2.36. The number of carboxylic acid groups (broad SMARTS) is 1. The molecule has 0 amide bonds. The molecule has 0 fully saturated rings. The number of rotatable bonds is 6. The average molecular weight is 533 g/mol. The van der Waals surface area contributed by atoms with Crippen molar-refractivity contribution in [3.8, 4) is 22.7 Å². The molecule has 0 saturated carbocycles. The Bertz CT molecular complexity index is 1370. The van der Waals surface area contributed by atoms with E-state index in [2.05, 4.69) is 15.9 Å². The number of hydrogen-bond acceptors (Lipinski definition) is 2. The van der Waals surface area contributed by atoms with Crippen LogP contribution in [0.15, 0.2) is 71.2 Å². The van der Waals surface area contributed by atoms with E-state index in [1.165, 1.54) is 18.2 Å². The molecular formula is C25H17BrClF2NO3. The minimum absolute atomic E-state index is 0.111. The van der Waals surface area contributed by atoms with E-state index < -0.39 is 17.6 Å². The maximum atomic E-state index is 14.1. The molecule has 0 spiro atoms. The summed E-state index contributed by atoms with van der Waals surface area (Å²) in [5.74, 6) is -1.96. The molecule has 0 saturated heterocycles. The molecule has 0 aliphatic carbocycles. The summed E-state index contributed by atoms with van der Waals surface area (Å²) in [7, 11) is 0. The Balaban J connectivity index is 1.78. The van der Waals surface area contributed by atoms with Crippen LogP contribution in [0.1, 0.15) is 21.6 Å². The van der Waals surface area contributed by atoms with Gasteiger partial charge in [-0.15, -0.1) is 0 Å². The van der Waals surface area contributed by atoms with Crippen LogP contribution in [0.5, 0.6) is 5.75 Å². The maximum Gasteiger partial charge on any atom is 0.335 e. The molecule has 8 heteroatoms. The summed E-state index contributed by atoms with van der Waals surface area (Å²) in [5, 5.41) is 9.93. The molecular weight excluding hydrogens is 516 g/mol. The van der Waals surface area contributed by atoms with E-state index in [0.717, 1.165) is 11.8 Å². The molecule has 0 bridgehead atoms. The highest BCUT2D eigenvalue weighted by Gasteiger charge is 2.17. The van der Waals surface area contributed by atoms with Crippen LogP contribution in [0.25, 0.3) is 16.9 Å². The number of ether oxygens (including phenoxy) is 1. The molecule has 3 aromatic carbocycles. The van der Waals surface area contributed by atoms with E-state index in [9.17, 15) is 18.7 Å². The molecule has 4 nitrogen and oxygen atoms in total. The van der Waals surface area contributed by atoms with Gasteiger partial charge in [-0.05, 0) is 67.6 Å². The summed E-state index contributed by atoms with van der Waals surface area (Å²) in [5.41, 5.74) is 3.17. The SMILES string of the molecule is Cc1ccc(-c2cc(Cl)ccc2OCc2ccc(F)cc2F)n1-c1cc(Br)cc(C(=O)O)c1. The van der Waals surface area contributed by atoms with Gasteiger partial charge < -0.3 is 14.4 Å². The Kier molecular flexibility index (Phi) is 6.54. The molecule has 0 atom stereocenters. The second-order valence-corrected chi connectivity index (χ2v) is 8.72. The number of nitrogens with zero attached hydrogens (tertiary/aromatic N) is 1. The second kappa shape index (κ2) is 9.37. The van der Waals surface area contributed by atoms with Gasteiger partial charge in [0.15, 0.2) is 0 Å². The topological polar surface area (TPSA) is 51.5 Å². The van der Waals surface area contributed by atoms with Gasteiger partial charge >= 0.3 is 5.97 Å². The largest absolute Gasteiger partial charge is 0.488 e. The summed E-state index contributed by atoms with van der Waals surface area (Å²) >= 11 is 9.65. The van der Waals surface area contributed by atoms with Crippen LogP contribution < -0.4 is 4.74 Å². The molecule has 33 heavy (non-hydrogen) atoms. The first-order valence-corrected chi connectivity index (χ1v) is 11.0. The van der Waals surface area contributed by atoms with E-state index >= 15 is 0 Å². The third-order valence-corrected chi connectivity index (χ3v) is 5.77. The Morgan fingerprint density at radius 3 is 2.58 bits per heavy atom. The number of carbonyl (C=O) groups is 1. The monoisotopic (exact) mass is 531 g/mol. The number of aryl methyl sites for hydroxylation is 1. The van der Waals surface area contributed by atoms with Crippen molar-refractivity contribution in [2.45, 2.75) is 13.5 Å². The molecule has 0 unspecified atom stereocenters. The molecule has 168 valence electrons. The van der Waals surface area contributed by atoms with Gasteiger partial charge in [-0.1, -0.05) is 27.5 Å². The summed E-state index contributed by atoms with van der Waals surface area (Å²) in [6.07, 6.45) is 0. The first-order valence-electron chi connectivity index (χ1n) is 9.82. The molecule has 4 aromatic rings. The van der Waals surface area contributed by atoms with Crippen molar-refractivity contribution >= 4 is 33.5 Å². The molecule has 0 radical (unpaired) electrons. The van der Waals surface area contributed by atoms with Crippen molar-refractivity contribution in [2.24, 2.45) is 0 Å². The van der Waals surface area contributed by atoms with Gasteiger partial charge in [-0.25, -0.2) is 13.6 Å². The minimum Gasteiger partial charge on any atom is -0.488 e. The Labute approximate surface area is 202 Å². The van der Waals surface area contributed by atoms with Crippen molar-refractivity contribution in [3.05, 3.63) is 105 Å². The molecule has 4 rings (SSSR count). The number of hydrogen-bond donors (Lipinski definition) is 1. The third-order valence-electron chi connectivity index (χ3n) is 5.08. The van der Waals surface area contributed by atoms with Gasteiger partial charge in [0, 0.05) is 38.1 Å². The fourth-order valence-electron chi connectivity index (χ4n) is 3.54. The predicted octanol–water partition coefficient (Wildman–Crippen LogP) is 7.42. The van der Waals surface area contributed by atoms with Gasteiger partial charge in [-0.2, -0.15) is 0 Å². The van der Waals surface area contributed by atoms with Gasteiger partial charge in [0.25, 0.3) is 0 Å². The van der Waals surface area contributed by atoms with Crippen LogP contribution in [-0.2, 0) is 6.61 Å². The third kappa shape index (κ3) is 4.94. The van der Waals surface area contributed by atoms with Gasteiger partial charge in [0.1, 0.15) is 24.0 Å². The number of aromatic carboxylic acids is 1. The maximum absolute atomic E-state index is 14.1. The lowest BCUT2D eigenvalue weighted by molar-refractivity contribution is 0.0696. The highest BCUT2D eigenvalue weighted by molar-refractivity contribution is 9.10. The van der Waals surface area contributed by atoms with E-state index in [1.807, 2.05) is 29.7 Å². The van der Waals surface area contributed by atoms with Crippen molar-refractivity contribution in [2.75, 3.05) is 0 Å². The van der Waals surface area contributed by atoms with Crippen molar-refractivity contribution in [1.29, 1.82) is 0 Å². The van der Waals surface area contributed by atoms with Crippen LogP contribution in [0.3, 0.4) is 0 Å². The number of aromatic nitrogens is 1. The summed E-state index contributed by atoms with van der Waals surface area (Å²) in [6, 6.07) is 17.0. The highest BCUT2D eigenvalue weighted by atomic mass is 79.9. The summed E-state index contributed by atoms with van der Waals surface area (Å²) < 4.78 is 35.7. The fraction of sp³-hybridized carbons (Fsp3) is 0.0800. The van der Waals surface area contributed by atoms with Crippen LogP contribution in [-0.4, -0.2) is 15.6 Å². The lowest BCUT2D eigenvalue weighted by Crippen LogP contribution is -2.05. The molecule has 0 aliphatic heterocycles. The van der Waals surface area contributed by atoms with Crippen LogP contribution in [0.4, 0.5) is 8.78 Å². The predicted molar refractivity (Wildman–Crippen MR) is 126 cm³/mol. The number of halogens is 4. The molecule has 1 N–H and O–H groups in total. The van der Waals surface area contributed by atoms with Gasteiger partial charge in [0.2, 0.25) is 0 Å². The first kappa shape index (κ1) is 23.0.